The number of rotatable bonds is 4. The van der Waals surface area contributed by atoms with Gasteiger partial charge in [0.1, 0.15) is 0 Å². The normalized spacial score (nSPS) is 18.3. The van der Waals surface area contributed by atoms with Crippen LogP contribution in [0.5, 0.6) is 0 Å². The van der Waals surface area contributed by atoms with Crippen molar-refractivity contribution >= 4 is 22.6 Å². The summed E-state index contributed by atoms with van der Waals surface area (Å²) in [4.78, 5) is 21.8. The van der Waals surface area contributed by atoms with E-state index < -0.39 is 35.2 Å². The number of likely N-dealkylation sites (tertiary alicyclic amines) is 1. The van der Waals surface area contributed by atoms with E-state index in [4.69, 9.17) is 0 Å². The molecule has 1 aromatic heterocycles. The van der Waals surface area contributed by atoms with Gasteiger partial charge in [-0.15, -0.1) is 0 Å². The van der Waals surface area contributed by atoms with E-state index in [1.165, 1.54) is 15.8 Å². The summed E-state index contributed by atoms with van der Waals surface area (Å²) in [6, 6.07) is 8.57. The van der Waals surface area contributed by atoms with Gasteiger partial charge in [-0.25, -0.2) is 4.79 Å². The first kappa shape index (κ1) is 25.4. The fourth-order valence-electron chi connectivity index (χ4n) is 4.87. The van der Waals surface area contributed by atoms with Crippen LogP contribution in [-0.4, -0.2) is 71.0 Å². The summed E-state index contributed by atoms with van der Waals surface area (Å²) in [7, 11) is 0. The van der Waals surface area contributed by atoms with Crippen molar-refractivity contribution in [1.82, 2.24) is 19.7 Å². The molecule has 2 aromatic carbocycles. The zero-order valence-electron chi connectivity index (χ0n) is 19.7. The first-order valence-corrected chi connectivity index (χ1v) is 11.8. The number of fused-ring (bicyclic) bond motifs is 1. The molecule has 2 fully saturated rings. The molecule has 2 aliphatic heterocycles. The Morgan fingerprint density at radius 1 is 0.919 bits per heavy atom. The molecule has 0 radical (unpaired) electrons. The third-order valence-electron chi connectivity index (χ3n) is 6.98. The van der Waals surface area contributed by atoms with Crippen molar-refractivity contribution < 1.29 is 31.1 Å². The Morgan fingerprint density at radius 3 is 2.16 bits per heavy atom. The molecule has 0 saturated carbocycles. The number of hydrogen-bond donors (Lipinski definition) is 2. The number of halogens is 6. The highest BCUT2D eigenvalue weighted by molar-refractivity contribution is 5.90. The lowest BCUT2D eigenvalue weighted by Crippen LogP contribution is -2.64. The van der Waals surface area contributed by atoms with Crippen LogP contribution < -0.4 is 5.32 Å². The van der Waals surface area contributed by atoms with Gasteiger partial charge in [0.15, 0.2) is 0 Å². The van der Waals surface area contributed by atoms with Gasteiger partial charge in [-0.2, -0.15) is 26.3 Å². The fourth-order valence-corrected chi connectivity index (χ4v) is 4.87. The van der Waals surface area contributed by atoms with Crippen LogP contribution >= 0.6 is 0 Å². The number of H-pyrrole nitrogens is 1. The number of benzene rings is 2. The number of amides is 2. The van der Waals surface area contributed by atoms with Crippen molar-refractivity contribution in [2.24, 2.45) is 0 Å². The van der Waals surface area contributed by atoms with Gasteiger partial charge in [-0.1, -0.05) is 18.2 Å². The standard InChI is InChI=1S/C25H25F6N5O/c26-24(27,28)17-9-18(25(29,30)31)11-19(10-17)33-23(37)36-14-20(15-36)35-7-5-34(6-8-35)13-16-12-32-22-4-2-1-3-21(16)22/h1-4,9-12,20,32H,5-8,13-15H2,(H,33,37). The minimum Gasteiger partial charge on any atom is -0.361 e. The molecular formula is C25H25F6N5O. The molecular weight excluding hydrogens is 500 g/mol. The molecule has 2 amide bonds. The molecule has 2 aliphatic rings. The monoisotopic (exact) mass is 525 g/mol. The Morgan fingerprint density at radius 2 is 1.54 bits per heavy atom. The van der Waals surface area contributed by atoms with Gasteiger partial charge in [0.2, 0.25) is 0 Å². The number of nitrogens with zero attached hydrogens (tertiary/aromatic N) is 3. The van der Waals surface area contributed by atoms with Gasteiger partial charge in [-0.3, -0.25) is 9.80 Å². The first-order chi connectivity index (χ1) is 17.5. The maximum atomic E-state index is 13.1. The fraction of sp³-hybridized carbons (Fsp3) is 0.400. The van der Waals surface area contributed by atoms with E-state index in [2.05, 4.69) is 26.2 Å². The number of anilines is 1. The number of para-hydroxylation sites is 1. The molecule has 6 nitrogen and oxygen atoms in total. The Kier molecular flexibility index (Phi) is 6.57. The Bertz CT molecular complexity index is 1240. The van der Waals surface area contributed by atoms with Gasteiger partial charge < -0.3 is 15.2 Å². The van der Waals surface area contributed by atoms with Crippen molar-refractivity contribution in [2.75, 3.05) is 44.6 Å². The van der Waals surface area contributed by atoms with E-state index in [1.54, 1.807) is 0 Å². The third-order valence-corrected chi connectivity index (χ3v) is 6.98. The molecule has 0 atom stereocenters. The van der Waals surface area contributed by atoms with E-state index in [-0.39, 0.29) is 12.1 Å². The second kappa shape index (κ2) is 9.56. The number of hydrogen-bond acceptors (Lipinski definition) is 3. The average molecular weight is 525 g/mol. The highest BCUT2D eigenvalue weighted by Gasteiger charge is 2.39. The summed E-state index contributed by atoms with van der Waals surface area (Å²) in [5.74, 6) is 0. The van der Waals surface area contributed by atoms with Gasteiger partial charge in [0, 0.05) is 74.6 Å². The average Bonchev–Trinajstić information content (AvgIpc) is 3.21. The smallest absolute Gasteiger partial charge is 0.361 e. The molecule has 0 unspecified atom stereocenters. The van der Waals surface area contributed by atoms with Crippen LogP contribution in [0.2, 0.25) is 0 Å². The number of piperazine rings is 1. The Hall–Kier alpha value is -3.25. The predicted octanol–water partition coefficient (Wildman–Crippen LogP) is 5.24. The molecule has 5 rings (SSSR count). The number of alkyl halides is 6. The maximum Gasteiger partial charge on any atom is 0.416 e. The summed E-state index contributed by atoms with van der Waals surface area (Å²) < 4.78 is 78.4. The van der Waals surface area contributed by atoms with Crippen LogP contribution in [0, 0.1) is 0 Å². The molecule has 0 bridgehead atoms. The highest BCUT2D eigenvalue weighted by Crippen LogP contribution is 2.37. The summed E-state index contributed by atoms with van der Waals surface area (Å²) in [5.41, 5.74) is -1.14. The molecule has 37 heavy (non-hydrogen) atoms. The topological polar surface area (TPSA) is 54.6 Å². The minimum atomic E-state index is -4.97. The summed E-state index contributed by atoms with van der Waals surface area (Å²) >= 11 is 0. The van der Waals surface area contributed by atoms with E-state index in [0.29, 0.717) is 25.2 Å². The van der Waals surface area contributed by atoms with Crippen molar-refractivity contribution in [3.05, 3.63) is 65.4 Å². The van der Waals surface area contributed by atoms with E-state index in [9.17, 15) is 31.1 Å². The second-order valence-electron chi connectivity index (χ2n) is 9.46. The second-order valence-corrected chi connectivity index (χ2v) is 9.46. The minimum absolute atomic E-state index is 0.0352. The van der Waals surface area contributed by atoms with Crippen LogP contribution in [0.3, 0.4) is 0 Å². The lowest BCUT2D eigenvalue weighted by Gasteiger charge is -2.48. The van der Waals surface area contributed by atoms with Gasteiger partial charge in [-0.05, 0) is 29.8 Å². The lowest BCUT2D eigenvalue weighted by atomic mass is 10.1. The van der Waals surface area contributed by atoms with Crippen molar-refractivity contribution in [2.45, 2.75) is 24.9 Å². The maximum absolute atomic E-state index is 13.1. The van der Waals surface area contributed by atoms with E-state index in [1.807, 2.05) is 24.4 Å². The highest BCUT2D eigenvalue weighted by atomic mass is 19.4. The summed E-state index contributed by atoms with van der Waals surface area (Å²) in [6.45, 7) is 4.88. The van der Waals surface area contributed by atoms with E-state index >= 15 is 0 Å². The van der Waals surface area contributed by atoms with Crippen LogP contribution in [0.4, 0.5) is 36.8 Å². The zero-order chi connectivity index (χ0) is 26.4. The van der Waals surface area contributed by atoms with Gasteiger partial charge >= 0.3 is 18.4 Å². The molecule has 198 valence electrons. The number of urea groups is 1. The van der Waals surface area contributed by atoms with E-state index in [0.717, 1.165) is 38.2 Å². The number of carbonyl (C=O) groups is 1. The Balaban J connectivity index is 1.13. The number of nitrogens with one attached hydrogen (secondary N) is 2. The number of aromatic nitrogens is 1. The molecule has 3 aromatic rings. The summed E-state index contributed by atoms with van der Waals surface area (Å²) in [5, 5.41) is 3.40. The molecule has 0 aliphatic carbocycles. The predicted molar refractivity (Wildman–Crippen MR) is 126 cm³/mol. The molecule has 3 heterocycles. The van der Waals surface area contributed by atoms with Crippen LogP contribution in [-0.2, 0) is 18.9 Å². The molecule has 2 N–H and O–H groups in total. The number of aromatic amines is 1. The quantitative estimate of drug-likeness (QED) is 0.459. The van der Waals surface area contributed by atoms with Crippen LogP contribution in [0.1, 0.15) is 16.7 Å². The number of carbonyl (C=O) groups excluding carboxylic acids is 1. The SMILES string of the molecule is O=C(Nc1cc(C(F)(F)F)cc(C(F)(F)F)c1)N1CC(N2CCN(Cc3c[nH]c4ccccc34)CC2)C1. The zero-order valence-corrected chi connectivity index (χ0v) is 19.7. The Labute approximate surface area is 208 Å². The molecule has 2 saturated heterocycles. The van der Waals surface area contributed by atoms with Crippen molar-refractivity contribution in [3.8, 4) is 0 Å². The van der Waals surface area contributed by atoms with Crippen molar-refractivity contribution in [3.63, 3.8) is 0 Å². The largest absolute Gasteiger partial charge is 0.416 e. The third kappa shape index (κ3) is 5.54. The van der Waals surface area contributed by atoms with Gasteiger partial charge in [0.25, 0.3) is 0 Å². The lowest BCUT2D eigenvalue weighted by molar-refractivity contribution is -0.143. The summed E-state index contributed by atoms with van der Waals surface area (Å²) in [6.07, 6.45) is -7.92. The van der Waals surface area contributed by atoms with Crippen LogP contribution in [0.15, 0.2) is 48.7 Å². The first-order valence-electron chi connectivity index (χ1n) is 11.8. The molecule has 12 heteroatoms. The van der Waals surface area contributed by atoms with Crippen LogP contribution in [0.25, 0.3) is 10.9 Å². The van der Waals surface area contributed by atoms with Gasteiger partial charge in [0.05, 0.1) is 11.1 Å². The molecule has 0 spiro atoms. The van der Waals surface area contributed by atoms with Crippen molar-refractivity contribution in [1.29, 1.82) is 0 Å².